The van der Waals surface area contributed by atoms with Crippen molar-refractivity contribution in [3.63, 3.8) is 0 Å². The van der Waals surface area contributed by atoms with Gasteiger partial charge >= 0.3 is 0 Å². The third-order valence-corrected chi connectivity index (χ3v) is 4.00. The summed E-state index contributed by atoms with van der Waals surface area (Å²) in [5.41, 5.74) is 10.3. The van der Waals surface area contributed by atoms with Crippen LogP contribution in [0.25, 0.3) is 11.3 Å². The minimum Gasteiger partial charge on any atom is -0.493 e. The van der Waals surface area contributed by atoms with Crippen molar-refractivity contribution in [2.45, 2.75) is 33.7 Å². The minimum absolute atomic E-state index is 0.0105. The molecule has 3 nitrogen and oxygen atoms in total. The maximum absolute atomic E-state index is 5.86. The van der Waals surface area contributed by atoms with Gasteiger partial charge in [-0.05, 0) is 51.0 Å². The summed E-state index contributed by atoms with van der Waals surface area (Å²) < 4.78 is 5.66. The van der Waals surface area contributed by atoms with Crippen LogP contribution >= 0.6 is 11.3 Å². The van der Waals surface area contributed by atoms with Gasteiger partial charge in [0.25, 0.3) is 0 Å². The molecule has 2 aromatic rings. The van der Waals surface area contributed by atoms with Gasteiger partial charge in [0, 0.05) is 10.9 Å². The summed E-state index contributed by atoms with van der Waals surface area (Å²) in [6.45, 7) is 8.78. The number of hydrogen-bond donors (Lipinski definition) is 1. The van der Waals surface area contributed by atoms with E-state index >= 15 is 0 Å². The highest BCUT2D eigenvalue weighted by atomic mass is 32.1. The second kappa shape index (κ2) is 5.72. The molecule has 0 saturated carbocycles. The molecular weight excluding hydrogens is 256 g/mol. The van der Waals surface area contributed by atoms with Gasteiger partial charge in [0.05, 0.1) is 18.3 Å². The van der Waals surface area contributed by atoms with E-state index in [1.54, 1.807) is 11.3 Å². The lowest BCUT2D eigenvalue weighted by atomic mass is 10.0. The van der Waals surface area contributed by atoms with Gasteiger partial charge in [0.2, 0.25) is 0 Å². The van der Waals surface area contributed by atoms with Crippen molar-refractivity contribution >= 4 is 11.3 Å². The molecule has 0 aliphatic rings. The number of nitrogens with zero attached hydrogens (tertiary/aromatic N) is 1. The van der Waals surface area contributed by atoms with Gasteiger partial charge in [-0.1, -0.05) is 0 Å². The summed E-state index contributed by atoms with van der Waals surface area (Å²) in [5.74, 6) is 0.980. The fraction of sp³-hybridized carbons (Fsp3) is 0.400. The molecule has 1 atom stereocenters. The molecule has 2 rings (SSSR count). The van der Waals surface area contributed by atoms with Crippen LogP contribution in [0.15, 0.2) is 17.5 Å². The van der Waals surface area contributed by atoms with E-state index < -0.39 is 0 Å². The van der Waals surface area contributed by atoms with Gasteiger partial charge in [0.1, 0.15) is 10.8 Å². The molecule has 0 bridgehead atoms. The van der Waals surface area contributed by atoms with Gasteiger partial charge in [-0.2, -0.15) is 0 Å². The quantitative estimate of drug-likeness (QED) is 0.922. The number of benzene rings is 1. The predicted octanol–water partition coefficient (Wildman–Crippen LogP) is 3.85. The zero-order valence-corrected chi connectivity index (χ0v) is 12.7. The molecule has 0 radical (unpaired) electrons. The SMILES string of the molecule is CCOc1c(C)cc(-c2csc(C(C)N)n2)cc1C. The molecule has 1 aromatic carbocycles. The molecule has 1 unspecified atom stereocenters. The number of rotatable bonds is 4. The van der Waals surface area contributed by atoms with E-state index in [0.717, 1.165) is 33.1 Å². The first-order valence-corrected chi connectivity index (χ1v) is 7.36. The highest BCUT2D eigenvalue weighted by molar-refractivity contribution is 7.10. The van der Waals surface area contributed by atoms with Crippen molar-refractivity contribution in [1.29, 1.82) is 0 Å². The largest absolute Gasteiger partial charge is 0.493 e. The van der Waals surface area contributed by atoms with Crippen LogP contribution in [-0.4, -0.2) is 11.6 Å². The van der Waals surface area contributed by atoms with E-state index in [1.807, 2.05) is 13.8 Å². The van der Waals surface area contributed by atoms with Gasteiger partial charge < -0.3 is 10.5 Å². The standard InChI is InChI=1S/C15H20N2OS/c1-5-18-14-9(2)6-12(7-10(14)3)13-8-19-15(17-13)11(4)16/h6-8,11H,5,16H2,1-4H3. The maximum atomic E-state index is 5.86. The summed E-state index contributed by atoms with van der Waals surface area (Å²) in [6.07, 6.45) is 0. The molecule has 102 valence electrons. The summed E-state index contributed by atoms with van der Waals surface area (Å²) in [6, 6.07) is 4.24. The summed E-state index contributed by atoms with van der Waals surface area (Å²) >= 11 is 1.61. The Hall–Kier alpha value is -1.39. The second-order valence-corrected chi connectivity index (χ2v) is 5.62. The first kappa shape index (κ1) is 14.0. The lowest BCUT2D eigenvalue weighted by molar-refractivity contribution is 0.335. The van der Waals surface area contributed by atoms with Gasteiger partial charge in [-0.25, -0.2) is 4.98 Å². The highest BCUT2D eigenvalue weighted by Gasteiger charge is 2.11. The fourth-order valence-electron chi connectivity index (χ4n) is 2.10. The topological polar surface area (TPSA) is 48.1 Å². The lowest BCUT2D eigenvalue weighted by Crippen LogP contribution is -2.04. The Morgan fingerprint density at radius 1 is 1.32 bits per heavy atom. The van der Waals surface area contributed by atoms with E-state index in [0.29, 0.717) is 6.61 Å². The number of aromatic nitrogens is 1. The monoisotopic (exact) mass is 276 g/mol. The van der Waals surface area contributed by atoms with Gasteiger partial charge in [-0.3, -0.25) is 0 Å². The van der Waals surface area contributed by atoms with Crippen LogP contribution in [0.3, 0.4) is 0 Å². The zero-order valence-electron chi connectivity index (χ0n) is 11.9. The zero-order chi connectivity index (χ0) is 14.0. The van der Waals surface area contributed by atoms with Gasteiger partial charge in [0.15, 0.2) is 0 Å². The predicted molar refractivity (Wildman–Crippen MR) is 80.8 cm³/mol. The van der Waals surface area contributed by atoms with Crippen LogP contribution in [-0.2, 0) is 0 Å². The first-order valence-electron chi connectivity index (χ1n) is 6.48. The van der Waals surface area contributed by atoms with Crippen molar-refractivity contribution < 1.29 is 4.74 Å². The normalized spacial score (nSPS) is 12.5. The van der Waals surface area contributed by atoms with Crippen molar-refractivity contribution in [2.75, 3.05) is 6.61 Å². The van der Waals surface area contributed by atoms with E-state index in [9.17, 15) is 0 Å². The molecule has 0 aliphatic carbocycles. The molecule has 0 saturated heterocycles. The van der Waals surface area contributed by atoms with E-state index in [-0.39, 0.29) is 6.04 Å². The van der Waals surface area contributed by atoms with Crippen LogP contribution in [0.5, 0.6) is 5.75 Å². The fourth-order valence-corrected chi connectivity index (χ4v) is 2.89. The lowest BCUT2D eigenvalue weighted by Gasteiger charge is -2.12. The van der Waals surface area contributed by atoms with E-state index in [2.05, 4.69) is 36.3 Å². The third kappa shape index (κ3) is 2.96. The summed E-state index contributed by atoms with van der Waals surface area (Å²) in [7, 11) is 0. The van der Waals surface area contributed by atoms with E-state index in [4.69, 9.17) is 10.5 Å². The van der Waals surface area contributed by atoms with Crippen molar-refractivity contribution in [2.24, 2.45) is 5.73 Å². The number of nitrogens with two attached hydrogens (primary N) is 1. The first-order chi connectivity index (χ1) is 9.02. The Balaban J connectivity index is 2.40. The molecule has 1 aromatic heterocycles. The second-order valence-electron chi connectivity index (χ2n) is 4.73. The molecule has 0 amide bonds. The van der Waals surface area contributed by atoms with Crippen LogP contribution in [0.2, 0.25) is 0 Å². The third-order valence-electron chi connectivity index (χ3n) is 2.96. The Morgan fingerprint density at radius 3 is 2.42 bits per heavy atom. The maximum Gasteiger partial charge on any atom is 0.125 e. The molecule has 0 aliphatic heterocycles. The average molecular weight is 276 g/mol. The Labute approximate surface area is 118 Å². The Morgan fingerprint density at radius 2 is 1.95 bits per heavy atom. The Kier molecular flexibility index (Phi) is 4.22. The number of ether oxygens (including phenoxy) is 1. The highest BCUT2D eigenvalue weighted by Crippen LogP contribution is 2.31. The number of thiazole rings is 1. The number of aryl methyl sites for hydroxylation is 2. The summed E-state index contributed by atoms with van der Waals surface area (Å²) in [4.78, 5) is 4.59. The molecule has 4 heteroatoms. The molecular formula is C15H20N2OS. The van der Waals surface area contributed by atoms with Crippen molar-refractivity contribution in [1.82, 2.24) is 4.98 Å². The smallest absolute Gasteiger partial charge is 0.125 e. The summed E-state index contributed by atoms with van der Waals surface area (Å²) in [5, 5.41) is 3.03. The van der Waals surface area contributed by atoms with E-state index in [1.165, 1.54) is 0 Å². The molecule has 19 heavy (non-hydrogen) atoms. The average Bonchev–Trinajstić information content (AvgIpc) is 2.83. The van der Waals surface area contributed by atoms with Crippen LogP contribution in [0, 0.1) is 13.8 Å². The van der Waals surface area contributed by atoms with Crippen LogP contribution < -0.4 is 10.5 Å². The molecule has 0 fully saturated rings. The van der Waals surface area contributed by atoms with Gasteiger partial charge in [-0.15, -0.1) is 11.3 Å². The minimum atomic E-state index is -0.0105. The van der Waals surface area contributed by atoms with Crippen LogP contribution in [0.1, 0.15) is 36.0 Å². The molecule has 2 N–H and O–H groups in total. The van der Waals surface area contributed by atoms with Crippen molar-refractivity contribution in [3.05, 3.63) is 33.6 Å². The molecule has 1 heterocycles. The number of hydrogen-bond acceptors (Lipinski definition) is 4. The molecule has 0 spiro atoms. The Bertz CT molecular complexity index is 552. The van der Waals surface area contributed by atoms with Crippen molar-refractivity contribution in [3.8, 4) is 17.0 Å². The van der Waals surface area contributed by atoms with Crippen LogP contribution in [0.4, 0.5) is 0 Å².